The molecule has 0 aromatic heterocycles. The van der Waals surface area contributed by atoms with Gasteiger partial charge in [-0.25, -0.2) is 9.59 Å². The molecule has 0 spiro atoms. The summed E-state index contributed by atoms with van der Waals surface area (Å²) in [5.74, 6) is -0.417. The summed E-state index contributed by atoms with van der Waals surface area (Å²) in [6.07, 6.45) is -1.43. The first-order valence-electron chi connectivity index (χ1n) is 10.2. The highest BCUT2D eigenvalue weighted by Crippen LogP contribution is 2.15. The van der Waals surface area contributed by atoms with Crippen LogP contribution in [-0.4, -0.2) is 24.2 Å². The molecule has 1 unspecified atom stereocenters. The topological polar surface area (TPSA) is 117 Å². The Labute approximate surface area is 191 Å². The lowest BCUT2D eigenvalue weighted by atomic mass is 10.1. The molecule has 0 aliphatic rings. The van der Waals surface area contributed by atoms with E-state index in [4.69, 9.17) is 19.9 Å². The molecule has 0 saturated carbocycles. The van der Waals surface area contributed by atoms with Gasteiger partial charge in [0.1, 0.15) is 25.0 Å². The van der Waals surface area contributed by atoms with Gasteiger partial charge in [0.15, 0.2) is 0 Å². The standard InChI is InChI=1S/C25H24N2O6/c26-23(28)22(27-24(29)31-16-19-7-3-1-4-8-19)15-18-11-13-21(14-12-18)33-25(30)32-17-20-9-5-2-6-10-20/h1-14,22H,15-17H2,(H2,26,28)(H,27,29). The van der Waals surface area contributed by atoms with Crippen molar-refractivity contribution in [2.24, 2.45) is 5.73 Å². The van der Waals surface area contributed by atoms with E-state index in [9.17, 15) is 14.4 Å². The third kappa shape index (κ3) is 8.02. The number of benzene rings is 3. The summed E-state index contributed by atoms with van der Waals surface area (Å²) in [7, 11) is 0. The number of amides is 2. The molecule has 0 aliphatic heterocycles. The number of hydrogen-bond donors (Lipinski definition) is 2. The van der Waals surface area contributed by atoms with Crippen LogP contribution in [0.3, 0.4) is 0 Å². The maximum absolute atomic E-state index is 12.0. The number of carbonyl (C=O) groups excluding carboxylic acids is 3. The average molecular weight is 448 g/mol. The number of hydrogen-bond acceptors (Lipinski definition) is 6. The lowest BCUT2D eigenvalue weighted by Gasteiger charge is -2.16. The first kappa shape index (κ1) is 23.3. The molecular weight excluding hydrogens is 424 g/mol. The monoisotopic (exact) mass is 448 g/mol. The molecule has 3 aromatic carbocycles. The van der Waals surface area contributed by atoms with E-state index in [-0.39, 0.29) is 25.4 Å². The third-order valence-electron chi connectivity index (χ3n) is 4.61. The maximum atomic E-state index is 12.0. The van der Waals surface area contributed by atoms with Crippen LogP contribution in [0.1, 0.15) is 16.7 Å². The molecule has 170 valence electrons. The van der Waals surface area contributed by atoms with E-state index in [1.165, 1.54) is 0 Å². The van der Waals surface area contributed by atoms with Gasteiger partial charge in [-0.2, -0.15) is 0 Å². The summed E-state index contributed by atoms with van der Waals surface area (Å²) >= 11 is 0. The Kier molecular flexibility index (Phi) is 8.41. The van der Waals surface area contributed by atoms with Gasteiger partial charge in [0.25, 0.3) is 0 Å². The number of primary amides is 1. The Morgan fingerprint density at radius 1 is 0.727 bits per heavy atom. The zero-order chi connectivity index (χ0) is 23.5. The van der Waals surface area contributed by atoms with Crippen molar-refractivity contribution < 1.29 is 28.6 Å². The van der Waals surface area contributed by atoms with E-state index in [1.807, 2.05) is 60.7 Å². The van der Waals surface area contributed by atoms with Gasteiger partial charge in [-0.05, 0) is 28.8 Å². The fourth-order valence-electron chi connectivity index (χ4n) is 2.90. The normalized spacial score (nSPS) is 11.2. The molecule has 33 heavy (non-hydrogen) atoms. The molecule has 0 fully saturated rings. The van der Waals surface area contributed by atoms with E-state index < -0.39 is 24.2 Å². The van der Waals surface area contributed by atoms with Gasteiger partial charge in [-0.1, -0.05) is 72.8 Å². The molecule has 3 rings (SSSR count). The Morgan fingerprint density at radius 3 is 1.82 bits per heavy atom. The summed E-state index contributed by atoms with van der Waals surface area (Å²) in [6, 6.07) is 23.9. The zero-order valence-electron chi connectivity index (χ0n) is 17.8. The molecule has 0 bridgehead atoms. The van der Waals surface area contributed by atoms with Crippen LogP contribution in [0.15, 0.2) is 84.9 Å². The van der Waals surface area contributed by atoms with Crippen LogP contribution in [0.5, 0.6) is 5.75 Å². The smallest absolute Gasteiger partial charge is 0.445 e. The van der Waals surface area contributed by atoms with Crippen LogP contribution >= 0.6 is 0 Å². The van der Waals surface area contributed by atoms with Gasteiger partial charge in [0.05, 0.1) is 0 Å². The highest BCUT2D eigenvalue weighted by atomic mass is 16.7. The number of carbonyl (C=O) groups is 3. The summed E-state index contributed by atoms with van der Waals surface area (Å²) in [6.45, 7) is 0.175. The van der Waals surface area contributed by atoms with E-state index in [0.717, 1.165) is 11.1 Å². The van der Waals surface area contributed by atoms with Crippen LogP contribution in [-0.2, 0) is 33.9 Å². The van der Waals surface area contributed by atoms with Gasteiger partial charge in [-0.3, -0.25) is 4.79 Å². The summed E-state index contributed by atoms with van der Waals surface area (Å²) in [4.78, 5) is 35.7. The minimum absolute atomic E-state index is 0.0740. The predicted octanol–water partition coefficient (Wildman–Crippen LogP) is 3.73. The van der Waals surface area contributed by atoms with E-state index >= 15 is 0 Å². The van der Waals surface area contributed by atoms with Crippen LogP contribution < -0.4 is 15.8 Å². The summed E-state index contributed by atoms with van der Waals surface area (Å²) < 4.78 is 15.3. The van der Waals surface area contributed by atoms with Crippen molar-refractivity contribution in [1.29, 1.82) is 0 Å². The van der Waals surface area contributed by atoms with Gasteiger partial charge in [0.2, 0.25) is 5.91 Å². The van der Waals surface area contributed by atoms with Crippen molar-refractivity contribution in [2.45, 2.75) is 25.7 Å². The SMILES string of the molecule is NC(=O)C(Cc1ccc(OC(=O)OCc2ccccc2)cc1)NC(=O)OCc1ccccc1. The van der Waals surface area contributed by atoms with Gasteiger partial charge >= 0.3 is 12.2 Å². The zero-order valence-corrected chi connectivity index (χ0v) is 17.8. The molecule has 2 amide bonds. The lowest BCUT2D eigenvalue weighted by molar-refractivity contribution is -0.119. The van der Waals surface area contributed by atoms with Gasteiger partial charge in [-0.15, -0.1) is 0 Å². The third-order valence-corrected chi connectivity index (χ3v) is 4.61. The maximum Gasteiger partial charge on any atom is 0.514 e. The van der Waals surface area contributed by atoms with Gasteiger partial charge < -0.3 is 25.3 Å². The van der Waals surface area contributed by atoms with Crippen LogP contribution in [0.2, 0.25) is 0 Å². The van der Waals surface area contributed by atoms with Crippen LogP contribution in [0.4, 0.5) is 9.59 Å². The lowest BCUT2D eigenvalue weighted by Crippen LogP contribution is -2.46. The highest BCUT2D eigenvalue weighted by molar-refractivity contribution is 5.84. The molecule has 0 radical (unpaired) electrons. The summed E-state index contributed by atoms with van der Waals surface area (Å²) in [5.41, 5.74) is 7.79. The minimum atomic E-state index is -0.962. The van der Waals surface area contributed by atoms with Crippen LogP contribution in [0.25, 0.3) is 0 Å². The molecule has 8 nitrogen and oxygen atoms in total. The first-order valence-corrected chi connectivity index (χ1v) is 10.2. The molecular formula is C25H24N2O6. The number of nitrogens with two attached hydrogens (primary N) is 1. The molecule has 0 heterocycles. The molecule has 3 aromatic rings. The van der Waals surface area contributed by atoms with Crippen molar-refractivity contribution >= 4 is 18.2 Å². The van der Waals surface area contributed by atoms with Crippen LogP contribution in [0, 0.1) is 0 Å². The molecule has 3 N–H and O–H groups in total. The Balaban J connectivity index is 1.47. The molecule has 8 heteroatoms. The Morgan fingerprint density at radius 2 is 1.27 bits per heavy atom. The predicted molar refractivity (Wildman–Crippen MR) is 120 cm³/mol. The van der Waals surface area contributed by atoms with Crippen molar-refractivity contribution in [3.05, 3.63) is 102 Å². The molecule has 1 atom stereocenters. The molecule has 0 saturated heterocycles. The number of ether oxygens (including phenoxy) is 3. The quantitative estimate of drug-likeness (QED) is 0.381. The van der Waals surface area contributed by atoms with Crippen molar-refractivity contribution in [2.75, 3.05) is 0 Å². The minimum Gasteiger partial charge on any atom is -0.445 e. The fraction of sp³-hybridized carbons (Fsp3) is 0.160. The fourth-order valence-corrected chi connectivity index (χ4v) is 2.90. The number of nitrogens with one attached hydrogen (secondary N) is 1. The average Bonchev–Trinajstić information content (AvgIpc) is 2.83. The second-order valence-electron chi connectivity index (χ2n) is 7.14. The number of alkyl carbamates (subject to hydrolysis) is 1. The van der Waals surface area contributed by atoms with Crippen molar-refractivity contribution in [3.63, 3.8) is 0 Å². The second kappa shape index (κ2) is 11.9. The van der Waals surface area contributed by atoms with E-state index in [1.54, 1.807) is 24.3 Å². The Bertz CT molecular complexity index is 1060. The van der Waals surface area contributed by atoms with E-state index in [2.05, 4.69) is 5.32 Å². The summed E-state index contributed by atoms with van der Waals surface area (Å²) in [5, 5.41) is 2.47. The van der Waals surface area contributed by atoms with Crippen molar-refractivity contribution in [1.82, 2.24) is 5.32 Å². The Hall–Kier alpha value is -4.33. The van der Waals surface area contributed by atoms with Gasteiger partial charge in [0, 0.05) is 6.42 Å². The second-order valence-corrected chi connectivity index (χ2v) is 7.14. The van der Waals surface area contributed by atoms with Crippen molar-refractivity contribution in [3.8, 4) is 5.75 Å². The first-order chi connectivity index (χ1) is 16.0. The molecule has 0 aliphatic carbocycles. The largest absolute Gasteiger partial charge is 0.514 e. The number of rotatable bonds is 9. The highest BCUT2D eigenvalue weighted by Gasteiger charge is 2.19. The van der Waals surface area contributed by atoms with E-state index in [0.29, 0.717) is 5.56 Å².